The molecule has 1 aliphatic rings. The molecule has 0 unspecified atom stereocenters. The van der Waals surface area contributed by atoms with Gasteiger partial charge in [0.25, 0.3) is 0 Å². The number of fused-ring (bicyclic) bond motifs is 1. The number of nitrogens with zero attached hydrogens (tertiary/aromatic N) is 2. The number of methoxy groups -OCH3 is 2. The molecule has 1 saturated heterocycles. The first-order chi connectivity index (χ1) is 14.6. The minimum atomic E-state index is 0.170. The van der Waals surface area contributed by atoms with Gasteiger partial charge in [-0.05, 0) is 66.6 Å². The zero-order chi connectivity index (χ0) is 21.1. The maximum absolute atomic E-state index is 12.9. The first-order valence-corrected chi connectivity index (χ1v) is 10.4. The van der Waals surface area contributed by atoms with Crippen LogP contribution < -0.4 is 9.47 Å². The zero-order valence-corrected chi connectivity index (χ0v) is 17.9. The molecule has 1 aliphatic heterocycles. The van der Waals surface area contributed by atoms with Gasteiger partial charge in [-0.2, -0.15) is 0 Å². The summed E-state index contributed by atoms with van der Waals surface area (Å²) in [6.07, 6.45) is 4.40. The number of benzene rings is 2. The first kappa shape index (κ1) is 20.2. The minimum absolute atomic E-state index is 0.170. The van der Waals surface area contributed by atoms with Gasteiger partial charge in [-0.1, -0.05) is 12.1 Å². The van der Waals surface area contributed by atoms with E-state index in [0.29, 0.717) is 6.42 Å². The van der Waals surface area contributed by atoms with Crippen molar-refractivity contribution in [3.63, 3.8) is 0 Å². The molecule has 3 aromatic rings. The molecule has 5 nitrogen and oxygen atoms in total. The summed E-state index contributed by atoms with van der Waals surface area (Å²) in [6.45, 7) is 3.61. The summed E-state index contributed by atoms with van der Waals surface area (Å²) < 4.78 is 10.7. The highest BCUT2D eigenvalue weighted by Gasteiger charge is 2.26. The Hall–Kier alpha value is -3.08. The van der Waals surface area contributed by atoms with Crippen LogP contribution in [0.4, 0.5) is 0 Å². The lowest BCUT2D eigenvalue weighted by Crippen LogP contribution is -2.40. The topological polar surface area (TPSA) is 51.7 Å². The van der Waals surface area contributed by atoms with Crippen molar-refractivity contribution >= 4 is 16.7 Å². The van der Waals surface area contributed by atoms with Gasteiger partial charge in [-0.3, -0.25) is 9.78 Å². The van der Waals surface area contributed by atoms with Gasteiger partial charge in [-0.15, -0.1) is 0 Å². The van der Waals surface area contributed by atoms with Gasteiger partial charge in [0.15, 0.2) is 0 Å². The summed E-state index contributed by atoms with van der Waals surface area (Å²) in [5, 5.41) is 2.28. The molecular weight excluding hydrogens is 376 g/mol. The molecule has 30 heavy (non-hydrogen) atoms. The summed E-state index contributed by atoms with van der Waals surface area (Å²) in [4.78, 5) is 19.6. The Bertz CT molecular complexity index is 1050. The molecule has 2 aromatic carbocycles. The minimum Gasteiger partial charge on any atom is -0.497 e. The van der Waals surface area contributed by atoms with E-state index in [1.54, 1.807) is 14.2 Å². The normalized spacial score (nSPS) is 16.5. The van der Waals surface area contributed by atoms with Gasteiger partial charge in [0, 0.05) is 36.3 Å². The fraction of sp³-hybridized carbons (Fsp3) is 0.360. The van der Waals surface area contributed by atoms with Gasteiger partial charge < -0.3 is 14.4 Å². The number of aromatic nitrogens is 1. The molecular formula is C25H28N2O3. The Balaban J connectivity index is 1.50. The molecule has 2 heterocycles. The fourth-order valence-corrected chi connectivity index (χ4v) is 4.28. The average molecular weight is 405 g/mol. The summed E-state index contributed by atoms with van der Waals surface area (Å²) in [5.41, 5.74) is 3.19. The Morgan fingerprint density at radius 3 is 2.67 bits per heavy atom. The second-order valence-electron chi connectivity index (χ2n) is 7.93. The number of hydrogen-bond acceptors (Lipinski definition) is 4. The summed E-state index contributed by atoms with van der Waals surface area (Å²) in [7, 11) is 3.34. The Morgan fingerprint density at radius 1 is 1.13 bits per heavy atom. The highest BCUT2D eigenvalue weighted by Crippen LogP contribution is 2.31. The van der Waals surface area contributed by atoms with Crippen LogP contribution in [0, 0.1) is 6.92 Å². The van der Waals surface area contributed by atoms with Crippen LogP contribution in [0.15, 0.2) is 48.7 Å². The molecule has 4 rings (SSSR count). The van der Waals surface area contributed by atoms with Crippen molar-refractivity contribution < 1.29 is 14.3 Å². The number of likely N-dealkylation sites (tertiary alicyclic amines) is 1. The Kier molecular flexibility index (Phi) is 5.88. The molecule has 1 fully saturated rings. The largest absolute Gasteiger partial charge is 0.497 e. The van der Waals surface area contributed by atoms with Crippen LogP contribution in [0.25, 0.3) is 10.8 Å². The standard InChI is InChI=1S/C25H28N2O3/c1-17-22-14-23(26-15-19(22)8-11-24(17)30-3)20-5-4-12-27(16-20)25(28)13-18-6-9-21(29-2)10-7-18/h6-11,14-15,20H,4-5,12-13,16H2,1-3H3/t20-/m1/s1. The highest BCUT2D eigenvalue weighted by molar-refractivity contribution is 5.87. The monoisotopic (exact) mass is 404 g/mol. The van der Waals surface area contributed by atoms with Crippen LogP contribution in [-0.4, -0.2) is 43.1 Å². The summed E-state index contributed by atoms with van der Waals surface area (Å²) >= 11 is 0. The van der Waals surface area contributed by atoms with Crippen molar-refractivity contribution in [1.82, 2.24) is 9.88 Å². The van der Waals surface area contributed by atoms with Crippen LogP contribution in [0.3, 0.4) is 0 Å². The number of ether oxygens (including phenoxy) is 2. The SMILES string of the molecule is COc1ccc(CC(=O)N2CCC[C@@H](c3cc4c(C)c(OC)ccc4cn3)C2)cc1. The molecule has 1 aromatic heterocycles. The van der Waals surface area contributed by atoms with E-state index in [1.807, 2.05) is 47.5 Å². The van der Waals surface area contributed by atoms with E-state index in [9.17, 15) is 4.79 Å². The molecule has 0 bridgehead atoms. The number of pyridine rings is 1. The van der Waals surface area contributed by atoms with Gasteiger partial charge in [-0.25, -0.2) is 0 Å². The Morgan fingerprint density at radius 2 is 1.93 bits per heavy atom. The van der Waals surface area contributed by atoms with Gasteiger partial charge in [0.05, 0.1) is 20.6 Å². The lowest BCUT2D eigenvalue weighted by Gasteiger charge is -2.32. The van der Waals surface area contributed by atoms with Gasteiger partial charge >= 0.3 is 0 Å². The molecule has 156 valence electrons. The van der Waals surface area contributed by atoms with Gasteiger partial charge in [0.1, 0.15) is 11.5 Å². The molecule has 0 N–H and O–H groups in total. The van der Waals surface area contributed by atoms with Crippen molar-refractivity contribution in [2.75, 3.05) is 27.3 Å². The lowest BCUT2D eigenvalue weighted by atomic mass is 9.92. The van der Waals surface area contributed by atoms with E-state index >= 15 is 0 Å². The van der Waals surface area contributed by atoms with Crippen LogP contribution in [-0.2, 0) is 11.2 Å². The molecule has 0 spiro atoms. The van der Waals surface area contributed by atoms with E-state index in [0.717, 1.165) is 59.6 Å². The van der Waals surface area contributed by atoms with E-state index in [1.165, 1.54) is 5.39 Å². The molecule has 0 saturated carbocycles. The van der Waals surface area contributed by atoms with Crippen LogP contribution in [0.5, 0.6) is 11.5 Å². The molecule has 1 amide bonds. The van der Waals surface area contributed by atoms with E-state index in [4.69, 9.17) is 14.5 Å². The first-order valence-electron chi connectivity index (χ1n) is 10.4. The van der Waals surface area contributed by atoms with E-state index < -0.39 is 0 Å². The number of aryl methyl sites for hydroxylation is 1. The summed E-state index contributed by atoms with van der Waals surface area (Å²) in [5.74, 6) is 2.12. The van der Waals surface area contributed by atoms with Crippen LogP contribution in [0.1, 0.15) is 35.6 Å². The smallest absolute Gasteiger partial charge is 0.227 e. The Labute approximate surface area is 177 Å². The van der Waals surface area contributed by atoms with Crippen molar-refractivity contribution in [2.45, 2.75) is 32.1 Å². The highest BCUT2D eigenvalue weighted by atomic mass is 16.5. The van der Waals surface area contributed by atoms with Crippen molar-refractivity contribution in [2.24, 2.45) is 0 Å². The number of hydrogen-bond donors (Lipinski definition) is 0. The third-order valence-corrected chi connectivity index (χ3v) is 6.07. The molecule has 5 heteroatoms. The van der Waals surface area contributed by atoms with E-state index in [2.05, 4.69) is 13.0 Å². The second-order valence-corrected chi connectivity index (χ2v) is 7.93. The zero-order valence-electron chi connectivity index (χ0n) is 17.9. The number of amides is 1. The quantitative estimate of drug-likeness (QED) is 0.628. The average Bonchev–Trinajstić information content (AvgIpc) is 2.80. The van der Waals surface area contributed by atoms with Crippen molar-refractivity contribution in [3.8, 4) is 11.5 Å². The van der Waals surface area contributed by atoms with E-state index in [-0.39, 0.29) is 11.8 Å². The second kappa shape index (κ2) is 8.74. The maximum atomic E-state index is 12.9. The predicted octanol–water partition coefficient (Wildman–Crippen LogP) is 4.51. The number of piperidine rings is 1. The van der Waals surface area contributed by atoms with Gasteiger partial charge in [0.2, 0.25) is 5.91 Å². The number of carbonyl (C=O) groups is 1. The molecule has 0 aliphatic carbocycles. The molecule has 0 radical (unpaired) electrons. The van der Waals surface area contributed by atoms with Crippen LogP contribution in [0.2, 0.25) is 0 Å². The predicted molar refractivity (Wildman–Crippen MR) is 118 cm³/mol. The van der Waals surface area contributed by atoms with Crippen LogP contribution >= 0.6 is 0 Å². The number of carbonyl (C=O) groups excluding carboxylic acids is 1. The van der Waals surface area contributed by atoms with Crippen molar-refractivity contribution in [3.05, 3.63) is 65.5 Å². The lowest BCUT2D eigenvalue weighted by molar-refractivity contribution is -0.131. The fourth-order valence-electron chi connectivity index (χ4n) is 4.28. The third kappa shape index (κ3) is 4.11. The van der Waals surface area contributed by atoms with Crippen molar-refractivity contribution in [1.29, 1.82) is 0 Å². The summed E-state index contributed by atoms with van der Waals surface area (Å²) in [6, 6.07) is 13.9. The third-order valence-electron chi connectivity index (χ3n) is 6.07. The maximum Gasteiger partial charge on any atom is 0.227 e. The number of rotatable bonds is 5. The molecule has 1 atom stereocenters.